The lowest BCUT2D eigenvalue weighted by atomic mass is 10.2. The van der Waals surface area contributed by atoms with Crippen molar-refractivity contribution in [2.24, 2.45) is 0 Å². The Morgan fingerprint density at radius 3 is 2.94 bits per heavy atom. The van der Waals surface area contributed by atoms with Gasteiger partial charge in [-0.1, -0.05) is 24.5 Å². The van der Waals surface area contributed by atoms with E-state index in [4.69, 9.17) is 10.8 Å². The topological polar surface area (TPSA) is 42.2 Å². The fraction of sp³-hybridized carbons (Fsp3) is 0.267. The quantitative estimate of drug-likeness (QED) is 0.839. The summed E-state index contributed by atoms with van der Waals surface area (Å²) in [5.74, 6) is 2.55. The number of carbonyl (C=O) groups is 1. The van der Waals surface area contributed by atoms with Crippen molar-refractivity contribution in [2.45, 2.75) is 26.3 Å². The average Bonchev–Trinajstić information content (AvgIpc) is 2.78. The van der Waals surface area contributed by atoms with Gasteiger partial charge in [0.05, 0.1) is 6.04 Å². The number of benzene rings is 1. The van der Waals surface area contributed by atoms with E-state index in [0.717, 1.165) is 10.9 Å². The van der Waals surface area contributed by atoms with Gasteiger partial charge in [-0.25, -0.2) is 0 Å². The predicted molar refractivity (Wildman–Crippen MR) is 71.3 cm³/mol. The molecule has 1 amide bonds. The van der Waals surface area contributed by atoms with Gasteiger partial charge in [0.2, 0.25) is 0 Å². The molecule has 3 nitrogen and oxygen atoms in total. The molecule has 0 bridgehead atoms. The summed E-state index contributed by atoms with van der Waals surface area (Å²) < 4.78 is 5.49. The van der Waals surface area contributed by atoms with Gasteiger partial charge in [-0.2, -0.15) is 0 Å². The summed E-state index contributed by atoms with van der Waals surface area (Å²) in [7, 11) is 0. The molecule has 3 heteroatoms. The van der Waals surface area contributed by atoms with Crippen LogP contribution in [0.15, 0.2) is 28.7 Å². The van der Waals surface area contributed by atoms with Crippen LogP contribution in [0.3, 0.4) is 0 Å². The lowest BCUT2D eigenvalue weighted by Gasteiger charge is -2.08. The minimum absolute atomic E-state index is 0.257. The predicted octanol–water partition coefficient (Wildman–Crippen LogP) is 2.88. The number of fused-ring (bicyclic) bond motifs is 1. The molecule has 0 aliphatic carbocycles. The molecule has 2 rings (SSSR count). The molecule has 0 spiro atoms. The highest BCUT2D eigenvalue weighted by Crippen LogP contribution is 2.20. The molecule has 0 fully saturated rings. The van der Waals surface area contributed by atoms with E-state index in [1.54, 1.807) is 6.07 Å². The van der Waals surface area contributed by atoms with E-state index in [1.807, 2.05) is 32.0 Å². The van der Waals surface area contributed by atoms with Crippen molar-refractivity contribution in [1.82, 2.24) is 5.32 Å². The van der Waals surface area contributed by atoms with Crippen LogP contribution in [0.1, 0.15) is 29.5 Å². The molecule has 92 valence electrons. The van der Waals surface area contributed by atoms with E-state index in [0.29, 0.717) is 17.8 Å². The fourth-order valence-corrected chi connectivity index (χ4v) is 1.77. The maximum Gasteiger partial charge on any atom is 0.288 e. The van der Waals surface area contributed by atoms with Crippen LogP contribution < -0.4 is 5.32 Å². The van der Waals surface area contributed by atoms with E-state index in [9.17, 15) is 4.79 Å². The number of carbonyl (C=O) groups excluding carboxylic acids is 1. The molecule has 0 aliphatic rings. The summed E-state index contributed by atoms with van der Waals surface area (Å²) in [5.41, 5.74) is 1.84. The van der Waals surface area contributed by atoms with Crippen LogP contribution in [-0.2, 0) is 0 Å². The lowest BCUT2D eigenvalue weighted by molar-refractivity contribution is 0.0919. The minimum Gasteiger partial charge on any atom is -0.451 e. The first kappa shape index (κ1) is 12.3. The number of furan rings is 1. The van der Waals surface area contributed by atoms with Gasteiger partial charge >= 0.3 is 0 Å². The second-order valence-corrected chi connectivity index (χ2v) is 4.25. The van der Waals surface area contributed by atoms with E-state index in [1.165, 1.54) is 0 Å². The molecule has 0 saturated carbocycles. The maximum atomic E-state index is 11.9. The fourth-order valence-electron chi connectivity index (χ4n) is 1.77. The molecule has 1 heterocycles. The number of aryl methyl sites for hydroxylation is 1. The summed E-state index contributed by atoms with van der Waals surface area (Å²) in [5, 5.41) is 3.66. The molecule has 1 N–H and O–H groups in total. The first-order chi connectivity index (χ1) is 8.63. The molecule has 1 aromatic heterocycles. The summed E-state index contributed by atoms with van der Waals surface area (Å²) in [6.07, 6.45) is 6.01. The van der Waals surface area contributed by atoms with Gasteiger partial charge in [0.15, 0.2) is 5.76 Å². The van der Waals surface area contributed by atoms with Crippen molar-refractivity contribution < 1.29 is 9.21 Å². The van der Waals surface area contributed by atoms with Crippen molar-refractivity contribution in [3.63, 3.8) is 0 Å². The van der Waals surface area contributed by atoms with Crippen LogP contribution in [0.25, 0.3) is 11.0 Å². The summed E-state index contributed by atoms with van der Waals surface area (Å²) in [6.45, 7) is 3.92. The largest absolute Gasteiger partial charge is 0.451 e. The third-order valence-corrected chi connectivity index (χ3v) is 2.81. The zero-order valence-corrected chi connectivity index (χ0v) is 10.5. The Morgan fingerprint density at radius 1 is 1.50 bits per heavy atom. The highest BCUT2D eigenvalue weighted by molar-refractivity contribution is 5.96. The lowest BCUT2D eigenvalue weighted by Crippen LogP contribution is -2.32. The van der Waals surface area contributed by atoms with Crippen LogP contribution in [0.4, 0.5) is 0 Å². The second-order valence-electron chi connectivity index (χ2n) is 4.25. The van der Waals surface area contributed by atoms with Gasteiger partial charge in [-0.15, -0.1) is 6.42 Å². The Morgan fingerprint density at radius 2 is 2.28 bits per heavy atom. The van der Waals surface area contributed by atoms with Crippen molar-refractivity contribution in [1.29, 1.82) is 0 Å². The number of terminal acetylenes is 1. The molecule has 2 aromatic rings. The van der Waals surface area contributed by atoms with E-state index in [2.05, 4.69) is 11.2 Å². The van der Waals surface area contributed by atoms with Crippen LogP contribution in [-0.4, -0.2) is 11.9 Å². The van der Waals surface area contributed by atoms with Crippen molar-refractivity contribution >= 4 is 16.9 Å². The van der Waals surface area contributed by atoms with Gasteiger partial charge in [0.1, 0.15) is 5.58 Å². The molecule has 0 saturated heterocycles. The van der Waals surface area contributed by atoms with Crippen LogP contribution in [0.2, 0.25) is 0 Å². The van der Waals surface area contributed by atoms with Crippen LogP contribution >= 0.6 is 0 Å². The average molecular weight is 241 g/mol. The van der Waals surface area contributed by atoms with E-state index >= 15 is 0 Å². The van der Waals surface area contributed by atoms with Crippen LogP contribution in [0.5, 0.6) is 0 Å². The SMILES string of the molecule is C#CC(CC)NC(=O)c1cc2cc(C)ccc2o1. The molecule has 18 heavy (non-hydrogen) atoms. The monoisotopic (exact) mass is 241 g/mol. The number of hydrogen-bond acceptors (Lipinski definition) is 2. The number of hydrogen-bond donors (Lipinski definition) is 1. The van der Waals surface area contributed by atoms with E-state index < -0.39 is 0 Å². The number of nitrogens with one attached hydrogen (secondary N) is 1. The summed E-state index contributed by atoms with van der Waals surface area (Å²) >= 11 is 0. The second kappa shape index (κ2) is 4.97. The molecular weight excluding hydrogens is 226 g/mol. The Balaban J connectivity index is 2.26. The summed E-state index contributed by atoms with van der Waals surface area (Å²) in [4.78, 5) is 11.9. The Labute approximate surface area is 106 Å². The highest BCUT2D eigenvalue weighted by Gasteiger charge is 2.14. The van der Waals surface area contributed by atoms with Gasteiger partial charge in [0, 0.05) is 5.39 Å². The van der Waals surface area contributed by atoms with Crippen molar-refractivity contribution in [3.8, 4) is 12.3 Å². The number of rotatable bonds is 3. The van der Waals surface area contributed by atoms with Crippen molar-refractivity contribution in [3.05, 3.63) is 35.6 Å². The molecule has 1 unspecified atom stereocenters. The van der Waals surface area contributed by atoms with Gasteiger partial charge in [-0.3, -0.25) is 4.79 Å². The standard InChI is InChI=1S/C15H15NO2/c1-4-12(5-2)16-15(17)14-9-11-8-10(3)6-7-13(11)18-14/h1,6-9,12H,5H2,2-3H3,(H,16,17). The third-order valence-electron chi connectivity index (χ3n) is 2.81. The molecule has 1 atom stereocenters. The Bertz CT molecular complexity index is 619. The third kappa shape index (κ3) is 2.38. The zero-order chi connectivity index (χ0) is 13.1. The van der Waals surface area contributed by atoms with Gasteiger partial charge < -0.3 is 9.73 Å². The van der Waals surface area contributed by atoms with Gasteiger partial charge in [0.25, 0.3) is 5.91 Å². The highest BCUT2D eigenvalue weighted by atomic mass is 16.3. The van der Waals surface area contributed by atoms with E-state index in [-0.39, 0.29) is 11.9 Å². The molecule has 1 aromatic carbocycles. The Kier molecular flexibility index (Phi) is 3.38. The summed E-state index contributed by atoms with van der Waals surface area (Å²) in [6, 6.07) is 7.27. The molecular formula is C15H15NO2. The minimum atomic E-state index is -0.270. The first-order valence-electron chi connectivity index (χ1n) is 5.91. The molecule has 0 radical (unpaired) electrons. The Hall–Kier alpha value is -2.21. The van der Waals surface area contributed by atoms with Gasteiger partial charge in [-0.05, 0) is 31.5 Å². The number of amides is 1. The zero-order valence-electron chi connectivity index (χ0n) is 10.5. The van der Waals surface area contributed by atoms with Crippen LogP contribution in [0, 0.1) is 19.3 Å². The maximum absolute atomic E-state index is 11.9. The smallest absolute Gasteiger partial charge is 0.288 e. The normalized spacial score (nSPS) is 12.1. The first-order valence-corrected chi connectivity index (χ1v) is 5.91. The molecule has 0 aliphatic heterocycles. The van der Waals surface area contributed by atoms with Crippen molar-refractivity contribution in [2.75, 3.05) is 0 Å².